The van der Waals surface area contributed by atoms with Crippen molar-refractivity contribution in [1.29, 1.82) is 0 Å². The van der Waals surface area contributed by atoms with Crippen LogP contribution in [0.15, 0.2) is 30.6 Å². The number of anilines is 1. The molecule has 0 aliphatic heterocycles. The molecular weight excluding hydrogens is 258 g/mol. The summed E-state index contributed by atoms with van der Waals surface area (Å²) in [6.07, 6.45) is 7.00. The molecule has 2 aromatic rings. The van der Waals surface area contributed by atoms with E-state index in [1.807, 2.05) is 25.3 Å². The van der Waals surface area contributed by atoms with Gasteiger partial charge in [-0.25, -0.2) is 4.98 Å². The maximum Gasteiger partial charge on any atom is 0.152 e. The Morgan fingerprint density at radius 1 is 1.37 bits per heavy atom. The summed E-state index contributed by atoms with van der Waals surface area (Å²) < 4.78 is 0. The highest BCUT2D eigenvalue weighted by molar-refractivity contribution is 6.32. The average molecular weight is 274 g/mol. The number of aromatic nitrogens is 2. The minimum absolute atomic E-state index is 0.228. The van der Waals surface area contributed by atoms with E-state index in [1.165, 1.54) is 12.0 Å². The lowest BCUT2D eigenvalue weighted by atomic mass is 9.92. The van der Waals surface area contributed by atoms with Crippen LogP contribution < -0.4 is 5.32 Å². The first kappa shape index (κ1) is 12.4. The Morgan fingerprint density at radius 2 is 2.26 bits per heavy atom. The van der Waals surface area contributed by atoms with Crippen LogP contribution in [0, 0.1) is 6.92 Å². The van der Waals surface area contributed by atoms with Gasteiger partial charge in [0, 0.05) is 12.4 Å². The Balaban J connectivity index is 1.90. The highest BCUT2D eigenvalue weighted by Crippen LogP contribution is 2.32. The number of hydrogen-bond donors (Lipinski definition) is 1. The molecule has 0 bridgehead atoms. The molecule has 0 aromatic carbocycles. The normalized spacial score (nSPS) is 17.9. The lowest BCUT2D eigenvalue weighted by Gasteiger charge is -2.26. The molecule has 1 atom stereocenters. The molecule has 4 heteroatoms. The van der Waals surface area contributed by atoms with Crippen LogP contribution in [0.3, 0.4) is 0 Å². The fourth-order valence-corrected chi connectivity index (χ4v) is 2.75. The molecule has 98 valence electrons. The zero-order valence-corrected chi connectivity index (χ0v) is 11.6. The Kier molecular flexibility index (Phi) is 3.38. The largest absolute Gasteiger partial charge is 0.374 e. The standard InChI is InChI=1S/C15H16ClN3/c1-10-8-13(15(16)18-9-10)19-12-6-2-4-11-5-3-7-17-14(11)12/h3,5,7-9,12,19H,2,4,6H2,1H3. The van der Waals surface area contributed by atoms with Gasteiger partial charge in [-0.2, -0.15) is 0 Å². The first-order valence-electron chi connectivity index (χ1n) is 6.56. The average Bonchev–Trinajstić information content (AvgIpc) is 2.43. The van der Waals surface area contributed by atoms with Crippen LogP contribution in [0.5, 0.6) is 0 Å². The maximum atomic E-state index is 6.15. The summed E-state index contributed by atoms with van der Waals surface area (Å²) in [6.45, 7) is 2.02. The molecule has 0 amide bonds. The van der Waals surface area contributed by atoms with Crippen LogP contribution in [0.25, 0.3) is 0 Å². The molecule has 1 aliphatic carbocycles. The van der Waals surface area contributed by atoms with Gasteiger partial charge < -0.3 is 5.32 Å². The van der Waals surface area contributed by atoms with Gasteiger partial charge in [-0.1, -0.05) is 17.7 Å². The zero-order chi connectivity index (χ0) is 13.2. The number of rotatable bonds is 2. The summed E-state index contributed by atoms with van der Waals surface area (Å²) in [4.78, 5) is 8.71. The molecule has 0 radical (unpaired) electrons. The number of nitrogens with one attached hydrogen (secondary N) is 1. The minimum atomic E-state index is 0.228. The monoisotopic (exact) mass is 273 g/mol. The number of fused-ring (bicyclic) bond motifs is 1. The van der Waals surface area contributed by atoms with Crippen molar-refractivity contribution in [3.8, 4) is 0 Å². The number of hydrogen-bond acceptors (Lipinski definition) is 3. The Labute approximate surface area is 118 Å². The van der Waals surface area contributed by atoms with E-state index in [0.717, 1.165) is 29.8 Å². The molecule has 1 aliphatic rings. The van der Waals surface area contributed by atoms with Gasteiger partial charge in [0.15, 0.2) is 5.15 Å². The second-order valence-corrected chi connectivity index (χ2v) is 5.35. The van der Waals surface area contributed by atoms with Gasteiger partial charge in [-0.3, -0.25) is 4.98 Å². The van der Waals surface area contributed by atoms with E-state index < -0.39 is 0 Å². The van der Waals surface area contributed by atoms with E-state index in [4.69, 9.17) is 11.6 Å². The summed E-state index contributed by atoms with van der Waals surface area (Å²) in [5.41, 5.74) is 4.48. The second-order valence-electron chi connectivity index (χ2n) is 4.99. The van der Waals surface area contributed by atoms with Crippen LogP contribution >= 0.6 is 11.6 Å². The SMILES string of the molecule is Cc1cnc(Cl)c(NC2CCCc3cccnc32)c1. The van der Waals surface area contributed by atoms with Gasteiger partial charge in [-0.05, 0) is 49.4 Å². The molecule has 1 unspecified atom stereocenters. The summed E-state index contributed by atoms with van der Waals surface area (Å²) in [5.74, 6) is 0. The number of aryl methyl sites for hydroxylation is 2. The quantitative estimate of drug-likeness (QED) is 0.843. The van der Waals surface area contributed by atoms with E-state index in [-0.39, 0.29) is 6.04 Å². The molecule has 1 N–H and O–H groups in total. The predicted molar refractivity (Wildman–Crippen MR) is 77.5 cm³/mol. The van der Waals surface area contributed by atoms with E-state index in [1.54, 1.807) is 6.20 Å². The van der Waals surface area contributed by atoms with Gasteiger partial charge in [0.05, 0.1) is 17.4 Å². The van der Waals surface area contributed by atoms with Crippen molar-refractivity contribution in [3.05, 3.63) is 52.6 Å². The molecule has 0 saturated heterocycles. The molecule has 2 heterocycles. The Bertz CT molecular complexity index is 598. The Hall–Kier alpha value is -1.61. The summed E-state index contributed by atoms with van der Waals surface area (Å²) in [7, 11) is 0. The van der Waals surface area contributed by atoms with Crippen molar-refractivity contribution >= 4 is 17.3 Å². The van der Waals surface area contributed by atoms with Crippen molar-refractivity contribution in [1.82, 2.24) is 9.97 Å². The molecule has 0 saturated carbocycles. The fraction of sp³-hybridized carbons (Fsp3) is 0.333. The van der Waals surface area contributed by atoms with Crippen LogP contribution in [-0.2, 0) is 6.42 Å². The van der Waals surface area contributed by atoms with Gasteiger partial charge >= 0.3 is 0 Å². The first-order valence-corrected chi connectivity index (χ1v) is 6.94. The number of pyridine rings is 2. The number of nitrogens with zero attached hydrogens (tertiary/aromatic N) is 2. The predicted octanol–water partition coefficient (Wildman–Crippen LogP) is 3.93. The van der Waals surface area contributed by atoms with Crippen LogP contribution in [0.1, 0.15) is 35.7 Å². The highest BCUT2D eigenvalue weighted by Gasteiger charge is 2.21. The van der Waals surface area contributed by atoms with Gasteiger partial charge in [-0.15, -0.1) is 0 Å². The minimum Gasteiger partial charge on any atom is -0.374 e. The van der Waals surface area contributed by atoms with E-state index >= 15 is 0 Å². The fourth-order valence-electron chi connectivity index (χ4n) is 2.59. The molecule has 2 aromatic heterocycles. The lowest BCUT2D eigenvalue weighted by Crippen LogP contribution is -2.19. The van der Waals surface area contributed by atoms with Gasteiger partial charge in [0.2, 0.25) is 0 Å². The van der Waals surface area contributed by atoms with Gasteiger partial charge in [0.25, 0.3) is 0 Å². The van der Waals surface area contributed by atoms with Crippen molar-refractivity contribution in [2.45, 2.75) is 32.2 Å². The third-order valence-electron chi connectivity index (χ3n) is 3.50. The van der Waals surface area contributed by atoms with E-state index in [0.29, 0.717) is 5.15 Å². The third-order valence-corrected chi connectivity index (χ3v) is 3.80. The topological polar surface area (TPSA) is 37.8 Å². The molecule has 0 spiro atoms. The summed E-state index contributed by atoms with van der Waals surface area (Å²) in [5, 5.41) is 4.01. The van der Waals surface area contributed by atoms with Gasteiger partial charge in [0.1, 0.15) is 0 Å². The van der Waals surface area contributed by atoms with Crippen molar-refractivity contribution in [3.63, 3.8) is 0 Å². The molecular formula is C15H16ClN3. The van der Waals surface area contributed by atoms with Crippen LogP contribution in [-0.4, -0.2) is 9.97 Å². The van der Waals surface area contributed by atoms with Crippen LogP contribution in [0.2, 0.25) is 5.15 Å². The van der Waals surface area contributed by atoms with E-state index in [9.17, 15) is 0 Å². The van der Waals surface area contributed by atoms with Crippen molar-refractivity contribution in [2.24, 2.45) is 0 Å². The van der Waals surface area contributed by atoms with E-state index in [2.05, 4.69) is 21.4 Å². The summed E-state index contributed by atoms with van der Waals surface area (Å²) >= 11 is 6.15. The molecule has 19 heavy (non-hydrogen) atoms. The Morgan fingerprint density at radius 3 is 3.16 bits per heavy atom. The first-order chi connectivity index (χ1) is 9.24. The number of halogens is 1. The molecule has 3 rings (SSSR count). The zero-order valence-electron chi connectivity index (χ0n) is 10.9. The highest BCUT2D eigenvalue weighted by atomic mass is 35.5. The van der Waals surface area contributed by atoms with Crippen LogP contribution in [0.4, 0.5) is 5.69 Å². The summed E-state index contributed by atoms with van der Waals surface area (Å²) in [6, 6.07) is 6.42. The van der Waals surface area contributed by atoms with Crippen molar-refractivity contribution < 1.29 is 0 Å². The smallest absolute Gasteiger partial charge is 0.152 e. The third kappa shape index (κ3) is 2.56. The maximum absolute atomic E-state index is 6.15. The van der Waals surface area contributed by atoms with Crippen molar-refractivity contribution in [2.75, 3.05) is 5.32 Å². The molecule has 0 fully saturated rings. The second kappa shape index (κ2) is 5.17. The molecule has 3 nitrogen and oxygen atoms in total. The lowest BCUT2D eigenvalue weighted by molar-refractivity contribution is 0.583.